The van der Waals surface area contributed by atoms with E-state index < -0.39 is 10.0 Å². The summed E-state index contributed by atoms with van der Waals surface area (Å²) in [6.45, 7) is 8.14. The summed E-state index contributed by atoms with van der Waals surface area (Å²) in [5, 5.41) is 2.99. The van der Waals surface area contributed by atoms with E-state index in [1.807, 2.05) is 25.1 Å². The summed E-state index contributed by atoms with van der Waals surface area (Å²) >= 11 is 1.28. The van der Waals surface area contributed by atoms with Crippen LogP contribution in [0.2, 0.25) is 0 Å². The summed E-state index contributed by atoms with van der Waals surface area (Å²) in [4.78, 5) is 16.3. The van der Waals surface area contributed by atoms with Crippen molar-refractivity contribution < 1.29 is 13.2 Å². The maximum absolute atomic E-state index is 12.9. The highest BCUT2D eigenvalue weighted by Gasteiger charge is 2.34. The first-order chi connectivity index (χ1) is 15.3. The normalized spacial score (nSPS) is 23.2. The number of aryl methyl sites for hydroxylation is 1. The summed E-state index contributed by atoms with van der Waals surface area (Å²) in [6, 6.07) is 11.5. The third kappa shape index (κ3) is 5.60. The molecule has 1 N–H and O–H groups in total. The molecule has 32 heavy (non-hydrogen) atoms. The van der Waals surface area contributed by atoms with Gasteiger partial charge in [0.2, 0.25) is 5.91 Å². The van der Waals surface area contributed by atoms with Crippen LogP contribution in [0.1, 0.15) is 43.0 Å². The van der Waals surface area contributed by atoms with Gasteiger partial charge in [0.05, 0.1) is 5.92 Å². The molecule has 0 saturated carbocycles. The van der Waals surface area contributed by atoms with Gasteiger partial charge in [0.15, 0.2) is 0 Å². The number of thiophene rings is 1. The lowest BCUT2D eigenvalue weighted by Crippen LogP contribution is -2.43. The van der Waals surface area contributed by atoms with E-state index >= 15 is 0 Å². The third-order valence-electron chi connectivity index (χ3n) is 6.43. The molecule has 3 heterocycles. The Morgan fingerprint density at radius 3 is 2.50 bits per heavy atom. The van der Waals surface area contributed by atoms with E-state index in [1.54, 1.807) is 6.07 Å². The number of rotatable bonds is 6. The average Bonchev–Trinajstić information content (AvgIpc) is 3.22. The second-order valence-electron chi connectivity index (χ2n) is 9.24. The summed E-state index contributed by atoms with van der Waals surface area (Å²) in [5.41, 5.74) is 2.01. The van der Waals surface area contributed by atoms with Crippen LogP contribution < -0.4 is 5.32 Å². The van der Waals surface area contributed by atoms with Crippen molar-refractivity contribution in [1.82, 2.24) is 9.21 Å². The number of sulfonamides is 1. The Hall–Kier alpha value is -1.74. The number of hydrogen-bond acceptors (Lipinski definition) is 5. The Morgan fingerprint density at radius 2 is 1.81 bits per heavy atom. The molecule has 2 unspecified atom stereocenters. The molecular weight excluding hydrogens is 442 g/mol. The number of amides is 1. The number of nitrogens with zero attached hydrogens (tertiary/aromatic N) is 2. The molecule has 1 aromatic carbocycles. The molecular formula is C24H33N3O3S2. The summed E-state index contributed by atoms with van der Waals surface area (Å²) in [5.74, 6) is 0.309. The van der Waals surface area contributed by atoms with E-state index in [2.05, 4.69) is 29.3 Å². The van der Waals surface area contributed by atoms with E-state index in [1.165, 1.54) is 34.0 Å². The van der Waals surface area contributed by atoms with Gasteiger partial charge in [0.25, 0.3) is 10.0 Å². The van der Waals surface area contributed by atoms with Crippen molar-refractivity contribution in [2.75, 3.05) is 31.5 Å². The first-order valence-electron chi connectivity index (χ1n) is 11.5. The van der Waals surface area contributed by atoms with Crippen molar-refractivity contribution in [2.24, 2.45) is 11.8 Å². The minimum atomic E-state index is -3.54. The molecule has 4 rings (SSSR count). The standard InChI is InChI=1S/C24H33N3O3S2/c1-18-5-3-13-26(15-18)16-20-8-10-22(11-9-20)25-24(28)21-6-4-14-27(17-21)32(29,30)23-12-7-19(2)31-23/h7-12,18,21H,3-6,13-17H2,1-2H3,(H,25,28). The topological polar surface area (TPSA) is 69.7 Å². The van der Waals surface area contributed by atoms with E-state index in [9.17, 15) is 13.2 Å². The molecule has 0 radical (unpaired) electrons. The van der Waals surface area contributed by atoms with Crippen LogP contribution in [-0.2, 0) is 21.4 Å². The highest BCUT2D eigenvalue weighted by atomic mass is 32.2. The van der Waals surface area contributed by atoms with Gasteiger partial charge in [0, 0.05) is 36.7 Å². The number of piperidine rings is 2. The third-order valence-corrected chi connectivity index (χ3v) is 9.77. The molecule has 6 nitrogen and oxygen atoms in total. The molecule has 8 heteroatoms. The predicted molar refractivity (Wildman–Crippen MR) is 129 cm³/mol. The Kier molecular flexibility index (Phi) is 7.34. The average molecular weight is 476 g/mol. The van der Waals surface area contributed by atoms with E-state index in [4.69, 9.17) is 0 Å². The zero-order chi connectivity index (χ0) is 22.7. The Morgan fingerprint density at radius 1 is 1.06 bits per heavy atom. The summed E-state index contributed by atoms with van der Waals surface area (Å²) in [6.07, 6.45) is 3.96. The van der Waals surface area contributed by atoms with Crippen LogP contribution in [0.3, 0.4) is 0 Å². The Balaban J connectivity index is 1.34. The molecule has 2 atom stereocenters. The monoisotopic (exact) mass is 475 g/mol. The van der Waals surface area contributed by atoms with Gasteiger partial charge in [-0.2, -0.15) is 4.31 Å². The van der Waals surface area contributed by atoms with Gasteiger partial charge in [-0.3, -0.25) is 9.69 Å². The van der Waals surface area contributed by atoms with Gasteiger partial charge in [-0.25, -0.2) is 8.42 Å². The molecule has 0 bridgehead atoms. The van der Waals surface area contributed by atoms with Gasteiger partial charge < -0.3 is 5.32 Å². The van der Waals surface area contributed by atoms with Crippen molar-refractivity contribution in [3.63, 3.8) is 0 Å². The number of anilines is 1. The molecule has 0 aliphatic carbocycles. The van der Waals surface area contributed by atoms with Crippen LogP contribution in [0.5, 0.6) is 0 Å². The smallest absolute Gasteiger partial charge is 0.252 e. The zero-order valence-electron chi connectivity index (χ0n) is 18.9. The maximum Gasteiger partial charge on any atom is 0.252 e. The second kappa shape index (κ2) is 10.0. The lowest BCUT2D eigenvalue weighted by molar-refractivity contribution is -0.120. The minimum absolute atomic E-state index is 0.107. The lowest BCUT2D eigenvalue weighted by Gasteiger charge is -2.31. The first kappa shape index (κ1) is 23.4. The van der Waals surface area contributed by atoms with E-state index in [0.29, 0.717) is 23.6 Å². The van der Waals surface area contributed by atoms with Gasteiger partial charge in [-0.1, -0.05) is 19.1 Å². The number of likely N-dealkylation sites (tertiary alicyclic amines) is 1. The van der Waals surface area contributed by atoms with E-state index in [0.717, 1.165) is 36.1 Å². The number of benzene rings is 1. The fourth-order valence-electron chi connectivity index (χ4n) is 4.68. The highest BCUT2D eigenvalue weighted by Crippen LogP contribution is 2.29. The van der Waals surface area contributed by atoms with Crippen LogP contribution in [-0.4, -0.2) is 49.7 Å². The Bertz CT molecular complexity index is 1030. The fraction of sp³-hybridized carbons (Fsp3) is 0.542. The molecule has 174 valence electrons. The van der Waals surface area contributed by atoms with Crippen LogP contribution in [0.4, 0.5) is 5.69 Å². The molecule has 2 saturated heterocycles. The molecule has 2 aliphatic heterocycles. The number of nitrogens with one attached hydrogen (secondary N) is 1. The van der Waals surface area contributed by atoms with Gasteiger partial charge in [0.1, 0.15) is 4.21 Å². The fourth-order valence-corrected chi connectivity index (χ4v) is 7.64. The van der Waals surface area contributed by atoms with Crippen molar-refractivity contribution in [1.29, 1.82) is 0 Å². The van der Waals surface area contributed by atoms with Gasteiger partial charge >= 0.3 is 0 Å². The second-order valence-corrected chi connectivity index (χ2v) is 12.7. The first-order valence-corrected chi connectivity index (χ1v) is 13.8. The Labute approximate surface area is 195 Å². The van der Waals surface area contributed by atoms with Crippen LogP contribution in [0.25, 0.3) is 0 Å². The van der Waals surface area contributed by atoms with Crippen molar-refractivity contribution in [3.05, 3.63) is 46.8 Å². The summed E-state index contributed by atoms with van der Waals surface area (Å²) in [7, 11) is -3.54. The van der Waals surface area contributed by atoms with Crippen LogP contribution in [0.15, 0.2) is 40.6 Å². The molecule has 1 amide bonds. The molecule has 2 aliphatic rings. The van der Waals surface area contributed by atoms with Crippen molar-refractivity contribution in [2.45, 2.75) is 50.3 Å². The van der Waals surface area contributed by atoms with Gasteiger partial charge in [-0.15, -0.1) is 11.3 Å². The molecule has 2 aromatic rings. The zero-order valence-corrected chi connectivity index (χ0v) is 20.6. The number of carbonyl (C=O) groups is 1. The SMILES string of the molecule is Cc1ccc(S(=O)(=O)N2CCCC(C(=O)Nc3ccc(CN4CCCC(C)C4)cc3)C2)s1. The highest BCUT2D eigenvalue weighted by molar-refractivity contribution is 7.91. The van der Waals surface area contributed by atoms with Crippen LogP contribution in [0, 0.1) is 18.8 Å². The minimum Gasteiger partial charge on any atom is -0.326 e. The molecule has 2 fully saturated rings. The number of hydrogen-bond donors (Lipinski definition) is 1. The van der Waals surface area contributed by atoms with Crippen molar-refractivity contribution in [3.8, 4) is 0 Å². The molecule has 0 spiro atoms. The van der Waals surface area contributed by atoms with Crippen molar-refractivity contribution >= 4 is 33.0 Å². The number of carbonyl (C=O) groups excluding carboxylic acids is 1. The summed E-state index contributed by atoms with van der Waals surface area (Å²) < 4.78 is 27.7. The van der Waals surface area contributed by atoms with Crippen LogP contribution >= 0.6 is 11.3 Å². The van der Waals surface area contributed by atoms with Gasteiger partial charge in [-0.05, 0) is 74.9 Å². The van der Waals surface area contributed by atoms with E-state index in [-0.39, 0.29) is 18.4 Å². The lowest BCUT2D eigenvalue weighted by atomic mass is 9.98. The quantitative estimate of drug-likeness (QED) is 0.675. The largest absolute Gasteiger partial charge is 0.326 e. The molecule has 1 aromatic heterocycles. The maximum atomic E-state index is 12.9. The predicted octanol–water partition coefficient (Wildman–Crippen LogP) is 4.33.